The van der Waals surface area contributed by atoms with E-state index in [9.17, 15) is 5.11 Å². The molecule has 0 radical (unpaired) electrons. The molecule has 1 N–H and O–H groups in total. The highest BCUT2D eigenvalue weighted by Gasteiger charge is 2.25. The highest BCUT2D eigenvalue weighted by atomic mass is 35.5. The molecule has 1 heterocycles. The van der Waals surface area contributed by atoms with Gasteiger partial charge in [0.15, 0.2) is 0 Å². The lowest BCUT2D eigenvalue weighted by Gasteiger charge is -2.07. The first-order valence-corrected chi connectivity index (χ1v) is 5.83. The van der Waals surface area contributed by atoms with Crippen molar-refractivity contribution in [2.24, 2.45) is 0 Å². The monoisotopic (exact) mass is 246 g/mol. The van der Waals surface area contributed by atoms with Gasteiger partial charge in [0.05, 0.1) is 5.02 Å². The van der Waals surface area contributed by atoms with Crippen LogP contribution in [0.15, 0.2) is 42.5 Å². The third-order valence-electron chi connectivity index (χ3n) is 2.92. The molecule has 1 aliphatic rings. The van der Waals surface area contributed by atoms with Crippen molar-refractivity contribution in [2.45, 2.75) is 6.10 Å². The zero-order chi connectivity index (χ0) is 11.8. The molecule has 86 valence electrons. The minimum absolute atomic E-state index is 0.285. The first-order chi connectivity index (χ1) is 8.25. The Bertz CT molecular complexity index is 552. The summed E-state index contributed by atoms with van der Waals surface area (Å²) in [5.41, 5.74) is 2.85. The molecule has 2 aromatic carbocycles. The summed E-state index contributed by atoms with van der Waals surface area (Å²) in [7, 11) is 0. The molecule has 0 saturated heterocycles. The number of ether oxygens (including phenoxy) is 1. The van der Waals surface area contributed by atoms with E-state index in [0.29, 0.717) is 10.8 Å². The van der Waals surface area contributed by atoms with Crippen LogP contribution in [0.4, 0.5) is 0 Å². The molecule has 0 amide bonds. The maximum atomic E-state index is 9.79. The van der Waals surface area contributed by atoms with Gasteiger partial charge in [-0.25, -0.2) is 0 Å². The lowest BCUT2D eigenvalue weighted by Crippen LogP contribution is -1.97. The Morgan fingerprint density at radius 2 is 1.88 bits per heavy atom. The molecule has 3 rings (SSSR count). The van der Waals surface area contributed by atoms with E-state index < -0.39 is 6.10 Å². The van der Waals surface area contributed by atoms with E-state index in [1.165, 1.54) is 0 Å². The van der Waals surface area contributed by atoms with Gasteiger partial charge in [0.2, 0.25) is 0 Å². The molecule has 0 fully saturated rings. The Morgan fingerprint density at radius 3 is 2.65 bits per heavy atom. The summed E-state index contributed by atoms with van der Waals surface area (Å²) in [5, 5.41) is 10.3. The lowest BCUT2D eigenvalue weighted by molar-refractivity contribution is 0.140. The maximum absolute atomic E-state index is 9.79. The summed E-state index contributed by atoms with van der Waals surface area (Å²) in [6.45, 7) is 0.285. The van der Waals surface area contributed by atoms with Gasteiger partial charge in [-0.15, -0.1) is 0 Å². The molecule has 0 aromatic heterocycles. The van der Waals surface area contributed by atoms with E-state index in [1.54, 1.807) is 0 Å². The third kappa shape index (κ3) is 1.79. The van der Waals surface area contributed by atoms with Crippen molar-refractivity contribution in [1.82, 2.24) is 0 Å². The number of hydrogen-bond acceptors (Lipinski definition) is 2. The number of benzene rings is 2. The fraction of sp³-hybridized carbons (Fsp3) is 0.143. The van der Waals surface area contributed by atoms with Gasteiger partial charge in [-0.2, -0.15) is 0 Å². The number of halogens is 1. The second-order valence-electron chi connectivity index (χ2n) is 4.07. The lowest BCUT2D eigenvalue weighted by atomic mass is 10.0. The molecule has 1 aliphatic heterocycles. The Balaban J connectivity index is 2.15. The van der Waals surface area contributed by atoms with Crippen LogP contribution in [-0.4, -0.2) is 11.7 Å². The van der Waals surface area contributed by atoms with E-state index >= 15 is 0 Å². The average Bonchev–Trinajstić information content (AvgIpc) is 2.73. The fourth-order valence-corrected chi connectivity index (χ4v) is 2.35. The molecule has 2 aromatic rings. The molecule has 0 saturated carbocycles. The molecule has 1 unspecified atom stereocenters. The van der Waals surface area contributed by atoms with Crippen LogP contribution < -0.4 is 4.74 Å². The molecular weight excluding hydrogens is 236 g/mol. The number of aliphatic hydroxyl groups is 1. The Labute approximate surface area is 104 Å². The van der Waals surface area contributed by atoms with Crippen LogP contribution >= 0.6 is 11.6 Å². The topological polar surface area (TPSA) is 29.5 Å². The van der Waals surface area contributed by atoms with Gasteiger partial charge in [0.1, 0.15) is 18.5 Å². The van der Waals surface area contributed by atoms with Crippen LogP contribution in [0.2, 0.25) is 5.02 Å². The van der Waals surface area contributed by atoms with Gasteiger partial charge in [-0.1, -0.05) is 41.9 Å². The minimum Gasteiger partial charge on any atom is -0.489 e. The summed E-state index contributed by atoms with van der Waals surface area (Å²) < 4.78 is 5.35. The summed E-state index contributed by atoms with van der Waals surface area (Å²) >= 11 is 6.15. The molecule has 3 heteroatoms. The third-order valence-corrected chi connectivity index (χ3v) is 3.20. The van der Waals surface area contributed by atoms with Crippen LogP contribution in [0.25, 0.3) is 11.1 Å². The first-order valence-electron chi connectivity index (χ1n) is 5.45. The zero-order valence-corrected chi connectivity index (χ0v) is 9.82. The van der Waals surface area contributed by atoms with Crippen molar-refractivity contribution >= 4 is 11.6 Å². The maximum Gasteiger partial charge on any atom is 0.144 e. The van der Waals surface area contributed by atoms with E-state index in [1.807, 2.05) is 42.5 Å². The predicted molar refractivity (Wildman–Crippen MR) is 67.3 cm³/mol. The minimum atomic E-state index is -0.578. The summed E-state index contributed by atoms with van der Waals surface area (Å²) in [4.78, 5) is 0. The number of aliphatic hydroxyl groups excluding tert-OH is 1. The second-order valence-corrected chi connectivity index (χ2v) is 4.48. The van der Waals surface area contributed by atoms with Crippen LogP contribution in [0, 0.1) is 0 Å². The van der Waals surface area contributed by atoms with Gasteiger partial charge >= 0.3 is 0 Å². The van der Waals surface area contributed by atoms with E-state index in [0.717, 1.165) is 16.7 Å². The van der Waals surface area contributed by atoms with Gasteiger partial charge in [-0.05, 0) is 23.3 Å². The molecule has 0 bridgehead atoms. The van der Waals surface area contributed by atoms with Crippen molar-refractivity contribution in [1.29, 1.82) is 0 Å². The highest BCUT2D eigenvalue weighted by molar-refractivity contribution is 6.32. The summed E-state index contributed by atoms with van der Waals surface area (Å²) in [6.07, 6.45) is -0.578. The van der Waals surface area contributed by atoms with Crippen molar-refractivity contribution in [3.8, 4) is 16.9 Å². The van der Waals surface area contributed by atoms with Crippen LogP contribution in [-0.2, 0) is 0 Å². The average molecular weight is 247 g/mol. The molecule has 0 spiro atoms. The predicted octanol–water partition coefficient (Wildman–Crippen LogP) is 3.43. The summed E-state index contributed by atoms with van der Waals surface area (Å²) in [6, 6.07) is 13.8. The van der Waals surface area contributed by atoms with E-state index in [4.69, 9.17) is 16.3 Å². The molecule has 2 nitrogen and oxygen atoms in total. The van der Waals surface area contributed by atoms with Gasteiger partial charge in [-0.3, -0.25) is 0 Å². The van der Waals surface area contributed by atoms with E-state index in [2.05, 4.69) is 0 Å². The number of rotatable bonds is 1. The van der Waals surface area contributed by atoms with Crippen molar-refractivity contribution in [3.63, 3.8) is 0 Å². The van der Waals surface area contributed by atoms with Crippen molar-refractivity contribution in [2.75, 3.05) is 6.61 Å². The zero-order valence-electron chi connectivity index (χ0n) is 9.06. The number of fused-ring (bicyclic) bond motifs is 1. The Hall–Kier alpha value is -1.51. The fourth-order valence-electron chi connectivity index (χ4n) is 2.06. The quantitative estimate of drug-likeness (QED) is 0.835. The van der Waals surface area contributed by atoms with Crippen molar-refractivity contribution in [3.05, 3.63) is 53.1 Å². The number of hydrogen-bond donors (Lipinski definition) is 1. The van der Waals surface area contributed by atoms with Crippen LogP contribution in [0.1, 0.15) is 11.7 Å². The largest absolute Gasteiger partial charge is 0.489 e. The van der Waals surface area contributed by atoms with Gasteiger partial charge < -0.3 is 9.84 Å². The van der Waals surface area contributed by atoms with E-state index in [-0.39, 0.29) is 6.61 Å². The van der Waals surface area contributed by atoms with Crippen LogP contribution in [0.3, 0.4) is 0 Å². The molecular formula is C14H11ClO2. The SMILES string of the molecule is OC1COc2c(Cl)cc(-c3ccccc3)cc21. The van der Waals surface area contributed by atoms with Crippen LogP contribution in [0.5, 0.6) is 5.75 Å². The molecule has 1 atom stereocenters. The van der Waals surface area contributed by atoms with Crippen molar-refractivity contribution < 1.29 is 9.84 Å². The summed E-state index contributed by atoms with van der Waals surface area (Å²) in [5.74, 6) is 0.610. The first kappa shape index (κ1) is 10.6. The molecule has 0 aliphatic carbocycles. The smallest absolute Gasteiger partial charge is 0.144 e. The Morgan fingerprint density at radius 1 is 1.12 bits per heavy atom. The second kappa shape index (κ2) is 4.06. The normalized spacial score (nSPS) is 17.6. The molecule has 17 heavy (non-hydrogen) atoms. The highest BCUT2D eigenvalue weighted by Crippen LogP contribution is 2.41. The Kier molecular flexibility index (Phi) is 2.54. The van der Waals surface area contributed by atoms with Gasteiger partial charge in [0.25, 0.3) is 0 Å². The standard InChI is InChI=1S/C14H11ClO2/c15-12-7-10(9-4-2-1-3-5-9)6-11-13(16)8-17-14(11)12/h1-7,13,16H,8H2. The van der Waals surface area contributed by atoms with Gasteiger partial charge in [0, 0.05) is 5.56 Å².